The first-order valence-electron chi connectivity index (χ1n) is 8.28. The standard InChI is InChI=1S/C19H15N3O3/c23-14-5-3-4-13-18(14)19(21-22(13)17-6-1-2-9-20-17)12-7-8-15-16(10-12)25-11-24-15/h1-2,6-10H,3-5,11H2. The Bertz CT molecular complexity index is 979. The molecule has 0 bridgehead atoms. The summed E-state index contributed by atoms with van der Waals surface area (Å²) in [4.78, 5) is 17.0. The van der Waals surface area contributed by atoms with Gasteiger partial charge in [-0.3, -0.25) is 4.79 Å². The minimum absolute atomic E-state index is 0.135. The van der Waals surface area contributed by atoms with Gasteiger partial charge in [-0.2, -0.15) is 5.10 Å². The third-order valence-corrected chi connectivity index (χ3v) is 4.59. The highest BCUT2D eigenvalue weighted by Crippen LogP contribution is 2.38. The number of nitrogens with zero attached hydrogens (tertiary/aromatic N) is 3. The number of ketones is 1. The van der Waals surface area contributed by atoms with Crippen LogP contribution in [0.1, 0.15) is 28.9 Å². The van der Waals surface area contributed by atoms with Crippen molar-refractivity contribution in [1.29, 1.82) is 0 Å². The summed E-state index contributed by atoms with van der Waals surface area (Å²) in [5, 5.41) is 4.75. The molecule has 0 radical (unpaired) electrons. The van der Waals surface area contributed by atoms with E-state index in [1.165, 1.54) is 0 Å². The zero-order chi connectivity index (χ0) is 16.8. The fourth-order valence-corrected chi connectivity index (χ4v) is 3.43. The number of rotatable bonds is 2. The number of Topliss-reactive ketones (excluding diaryl/α,β-unsaturated/α-hetero) is 1. The molecule has 0 unspecified atom stereocenters. The van der Waals surface area contributed by atoms with Crippen LogP contribution in [-0.4, -0.2) is 27.3 Å². The van der Waals surface area contributed by atoms with Crippen molar-refractivity contribution in [3.63, 3.8) is 0 Å². The van der Waals surface area contributed by atoms with E-state index >= 15 is 0 Å². The third kappa shape index (κ3) is 2.21. The molecule has 1 aliphatic carbocycles. The molecule has 6 heteroatoms. The van der Waals surface area contributed by atoms with E-state index in [0.29, 0.717) is 29.2 Å². The molecule has 0 fully saturated rings. The molecule has 25 heavy (non-hydrogen) atoms. The lowest BCUT2D eigenvalue weighted by Gasteiger charge is -2.13. The highest BCUT2D eigenvalue weighted by molar-refractivity contribution is 6.03. The molecule has 3 aromatic rings. The van der Waals surface area contributed by atoms with Crippen molar-refractivity contribution in [3.05, 3.63) is 53.9 Å². The number of aromatic nitrogens is 3. The molecule has 2 aliphatic rings. The van der Waals surface area contributed by atoms with Gasteiger partial charge in [0.25, 0.3) is 0 Å². The van der Waals surface area contributed by atoms with Gasteiger partial charge in [0.2, 0.25) is 6.79 Å². The van der Waals surface area contributed by atoms with Gasteiger partial charge in [-0.05, 0) is 43.2 Å². The van der Waals surface area contributed by atoms with Gasteiger partial charge in [0, 0.05) is 18.2 Å². The van der Waals surface area contributed by atoms with Crippen LogP contribution < -0.4 is 9.47 Å². The Morgan fingerprint density at radius 1 is 1.04 bits per heavy atom. The fraction of sp³-hybridized carbons (Fsp3) is 0.211. The van der Waals surface area contributed by atoms with E-state index in [-0.39, 0.29) is 12.6 Å². The Labute approximate surface area is 144 Å². The van der Waals surface area contributed by atoms with Crippen LogP contribution >= 0.6 is 0 Å². The molecule has 1 aromatic carbocycles. The van der Waals surface area contributed by atoms with Crippen LogP contribution in [0.2, 0.25) is 0 Å². The molecule has 5 rings (SSSR count). The summed E-state index contributed by atoms with van der Waals surface area (Å²) in [5.41, 5.74) is 3.17. The van der Waals surface area contributed by atoms with E-state index in [1.807, 2.05) is 36.4 Å². The largest absolute Gasteiger partial charge is 0.454 e. The molecule has 1 aliphatic heterocycles. The lowest BCUT2D eigenvalue weighted by atomic mass is 9.92. The maximum absolute atomic E-state index is 12.6. The van der Waals surface area contributed by atoms with Gasteiger partial charge in [0.05, 0.1) is 11.3 Å². The van der Waals surface area contributed by atoms with Gasteiger partial charge in [0.1, 0.15) is 5.69 Å². The van der Waals surface area contributed by atoms with Crippen LogP contribution in [0.3, 0.4) is 0 Å². The molecule has 0 amide bonds. The lowest BCUT2D eigenvalue weighted by molar-refractivity contribution is 0.0972. The Morgan fingerprint density at radius 2 is 1.96 bits per heavy atom. The van der Waals surface area contributed by atoms with E-state index in [1.54, 1.807) is 10.9 Å². The molecule has 0 atom stereocenters. The zero-order valence-corrected chi connectivity index (χ0v) is 13.4. The van der Waals surface area contributed by atoms with Crippen molar-refractivity contribution in [2.75, 3.05) is 6.79 Å². The average molecular weight is 333 g/mol. The maximum Gasteiger partial charge on any atom is 0.231 e. The first kappa shape index (κ1) is 14.2. The maximum atomic E-state index is 12.6. The smallest absolute Gasteiger partial charge is 0.231 e. The Kier molecular flexibility index (Phi) is 3.09. The molecular formula is C19H15N3O3. The van der Waals surface area contributed by atoms with Gasteiger partial charge < -0.3 is 9.47 Å². The molecule has 2 aromatic heterocycles. The fourth-order valence-electron chi connectivity index (χ4n) is 3.43. The number of fused-ring (bicyclic) bond motifs is 2. The third-order valence-electron chi connectivity index (χ3n) is 4.59. The number of pyridine rings is 1. The van der Waals surface area contributed by atoms with Crippen LogP contribution in [-0.2, 0) is 6.42 Å². The highest BCUT2D eigenvalue weighted by atomic mass is 16.7. The average Bonchev–Trinajstić information content (AvgIpc) is 3.27. The van der Waals surface area contributed by atoms with Crippen LogP contribution in [0.4, 0.5) is 0 Å². The highest BCUT2D eigenvalue weighted by Gasteiger charge is 2.29. The summed E-state index contributed by atoms with van der Waals surface area (Å²) in [6, 6.07) is 11.3. The number of hydrogen-bond acceptors (Lipinski definition) is 5. The van der Waals surface area contributed by atoms with Crippen LogP contribution in [0, 0.1) is 0 Å². The second-order valence-electron chi connectivity index (χ2n) is 6.11. The summed E-state index contributed by atoms with van der Waals surface area (Å²) >= 11 is 0. The quantitative estimate of drug-likeness (QED) is 0.720. The molecule has 0 saturated carbocycles. The molecular weight excluding hydrogens is 318 g/mol. The Hall–Kier alpha value is -3.15. The number of benzene rings is 1. The first-order chi connectivity index (χ1) is 12.3. The zero-order valence-electron chi connectivity index (χ0n) is 13.4. The van der Waals surface area contributed by atoms with Gasteiger partial charge in [-0.1, -0.05) is 6.07 Å². The van der Waals surface area contributed by atoms with E-state index in [0.717, 1.165) is 29.9 Å². The van der Waals surface area contributed by atoms with E-state index < -0.39 is 0 Å². The topological polar surface area (TPSA) is 66.2 Å². The predicted octanol–water partition coefficient (Wildman–Crippen LogP) is 3.18. The van der Waals surface area contributed by atoms with Gasteiger partial charge in [0.15, 0.2) is 23.1 Å². The van der Waals surface area contributed by atoms with Gasteiger partial charge in [-0.15, -0.1) is 0 Å². The number of carbonyl (C=O) groups is 1. The lowest BCUT2D eigenvalue weighted by Crippen LogP contribution is -2.13. The summed E-state index contributed by atoms with van der Waals surface area (Å²) in [7, 11) is 0. The van der Waals surface area contributed by atoms with Crippen molar-refractivity contribution < 1.29 is 14.3 Å². The Balaban J connectivity index is 1.72. The van der Waals surface area contributed by atoms with Crippen molar-refractivity contribution >= 4 is 5.78 Å². The van der Waals surface area contributed by atoms with Crippen LogP contribution in [0.25, 0.3) is 17.1 Å². The van der Waals surface area contributed by atoms with E-state index in [4.69, 9.17) is 14.6 Å². The molecule has 6 nitrogen and oxygen atoms in total. The van der Waals surface area contributed by atoms with Crippen molar-refractivity contribution in [3.8, 4) is 28.6 Å². The second kappa shape index (κ2) is 5.44. The van der Waals surface area contributed by atoms with Crippen LogP contribution in [0.15, 0.2) is 42.6 Å². The van der Waals surface area contributed by atoms with E-state index in [9.17, 15) is 4.79 Å². The summed E-state index contributed by atoms with van der Waals surface area (Å²) < 4.78 is 12.6. The molecule has 0 N–H and O–H groups in total. The first-order valence-corrected chi connectivity index (χ1v) is 8.28. The van der Waals surface area contributed by atoms with Crippen molar-refractivity contribution in [1.82, 2.24) is 14.8 Å². The second-order valence-corrected chi connectivity index (χ2v) is 6.11. The summed E-state index contributed by atoms with van der Waals surface area (Å²) in [6.45, 7) is 0.220. The Morgan fingerprint density at radius 3 is 2.84 bits per heavy atom. The molecule has 0 spiro atoms. The minimum Gasteiger partial charge on any atom is -0.454 e. The number of carbonyl (C=O) groups excluding carboxylic acids is 1. The monoisotopic (exact) mass is 333 g/mol. The van der Waals surface area contributed by atoms with Crippen LogP contribution in [0.5, 0.6) is 11.5 Å². The minimum atomic E-state index is 0.135. The van der Waals surface area contributed by atoms with Crippen molar-refractivity contribution in [2.24, 2.45) is 0 Å². The number of ether oxygens (including phenoxy) is 2. The molecule has 3 heterocycles. The number of hydrogen-bond donors (Lipinski definition) is 0. The van der Waals surface area contributed by atoms with Crippen molar-refractivity contribution in [2.45, 2.75) is 19.3 Å². The van der Waals surface area contributed by atoms with E-state index in [2.05, 4.69) is 4.98 Å². The predicted molar refractivity (Wildman–Crippen MR) is 90.2 cm³/mol. The SMILES string of the molecule is O=C1CCCc2c1c(-c1ccc3c(c1)OCO3)nn2-c1ccccn1. The van der Waals surface area contributed by atoms with Gasteiger partial charge in [-0.25, -0.2) is 9.67 Å². The summed E-state index contributed by atoms with van der Waals surface area (Å²) in [6.07, 6.45) is 3.94. The van der Waals surface area contributed by atoms with Gasteiger partial charge >= 0.3 is 0 Å². The summed E-state index contributed by atoms with van der Waals surface area (Å²) in [5.74, 6) is 2.26. The normalized spacial score (nSPS) is 15.3. The molecule has 0 saturated heterocycles. The molecule has 124 valence electrons.